The van der Waals surface area contributed by atoms with E-state index >= 15 is 0 Å². The van der Waals surface area contributed by atoms with Crippen molar-refractivity contribution in [2.24, 2.45) is 5.92 Å². The standard InChI is InChI=1S/C16H26N2O3/c1-12(2)5-4-9-21-10-8-16(19)18-14-11-13(17)6-7-15(14)20-3/h6-7,11-12H,4-5,8-10,17H2,1-3H3,(H,18,19). The molecule has 5 heteroatoms. The maximum absolute atomic E-state index is 11.8. The normalized spacial score (nSPS) is 10.7. The molecular formula is C16H26N2O3. The first kappa shape index (κ1) is 17.3. The third-order valence-electron chi connectivity index (χ3n) is 3.04. The topological polar surface area (TPSA) is 73.6 Å². The fraction of sp³-hybridized carbons (Fsp3) is 0.562. The summed E-state index contributed by atoms with van der Waals surface area (Å²) in [5, 5.41) is 2.79. The third kappa shape index (κ3) is 6.99. The Labute approximate surface area is 126 Å². The average molecular weight is 294 g/mol. The SMILES string of the molecule is COc1ccc(N)cc1NC(=O)CCOCCCC(C)C. The van der Waals surface area contributed by atoms with Gasteiger partial charge < -0.3 is 20.5 Å². The molecule has 0 atom stereocenters. The van der Waals surface area contributed by atoms with E-state index in [0.29, 0.717) is 42.7 Å². The number of amides is 1. The van der Waals surface area contributed by atoms with Crippen molar-refractivity contribution in [1.82, 2.24) is 0 Å². The van der Waals surface area contributed by atoms with E-state index in [9.17, 15) is 4.79 Å². The lowest BCUT2D eigenvalue weighted by atomic mass is 10.1. The number of anilines is 2. The molecule has 0 radical (unpaired) electrons. The maximum atomic E-state index is 11.8. The Bertz CT molecular complexity index is 447. The molecule has 1 amide bonds. The number of ether oxygens (including phenoxy) is 2. The Balaban J connectivity index is 2.29. The van der Waals surface area contributed by atoms with Crippen LogP contribution in [0.5, 0.6) is 5.75 Å². The van der Waals surface area contributed by atoms with Gasteiger partial charge in [-0.1, -0.05) is 13.8 Å². The predicted octanol–water partition coefficient (Wildman–Crippen LogP) is 3.06. The van der Waals surface area contributed by atoms with Crippen molar-refractivity contribution in [2.75, 3.05) is 31.4 Å². The lowest BCUT2D eigenvalue weighted by Gasteiger charge is -2.11. The van der Waals surface area contributed by atoms with Gasteiger partial charge in [0.25, 0.3) is 0 Å². The van der Waals surface area contributed by atoms with Crippen LogP contribution in [0.2, 0.25) is 0 Å². The number of carbonyl (C=O) groups excluding carboxylic acids is 1. The van der Waals surface area contributed by atoms with Crippen LogP contribution >= 0.6 is 0 Å². The van der Waals surface area contributed by atoms with Gasteiger partial charge in [0.1, 0.15) is 5.75 Å². The van der Waals surface area contributed by atoms with E-state index in [4.69, 9.17) is 15.2 Å². The fourth-order valence-corrected chi connectivity index (χ4v) is 1.90. The smallest absolute Gasteiger partial charge is 0.226 e. The molecule has 0 bridgehead atoms. The van der Waals surface area contributed by atoms with E-state index in [2.05, 4.69) is 19.2 Å². The number of benzene rings is 1. The molecule has 0 heterocycles. The predicted molar refractivity (Wildman–Crippen MR) is 85.5 cm³/mol. The Morgan fingerprint density at radius 3 is 2.76 bits per heavy atom. The van der Waals surface area contributed by atoms with Crippen LogP contribution < -0.4 is 15.8 Å². The van der Waals surface area contributed by atoms with Crippen LogP contribution in [-0.2, 0) is 9.53 Å². The summed E-state index contributed by atoms with van der Waals surface area (Å²) in [5.74, 6) is 1.17. The van der Waals surface area contributed by atoms with Crippen molar-refractivity contribution in [3.8, 4) is 5.75 Å². The molecule has 0 saturated heterocycles. The highest BCUT2D eigenvalue weighted by atomic mass is 16.5. The van der Waals surface area contributed by atoms with Gasteiger partial charge in [0, 0.05) is 12.3 Å². The molecular weight excluding hydrogens is 268 g/mol. The number of nitrogens with two attached hydrogens (primary N) is 1. The van der Waals surface area contributed by atoms with Crippen LogP contribution in [0.25, 0.3) is 0 Å². The number of hydrogen-bond donors (Lipinski definition) is 2. The summed E-state index contributed by atoms with van der Waals surface area (Å²) in [6, 6.07) is 5.14. The molecule has 0 aliphatic carbocycles. The molecule has 21 heavy (non-hydrogen) atoms. The second kappa shape index (κ2) is 9.23. The van der Waals surface area contributed by atoms with E-state index in [1.807, 2.05) is 0 Å². The monoisotopic (exact) mass is 294 g/mol. The molecule has 0 spiro atoms. The largest absolute Gasteiger partial charge is 0.495 e. The number of rotatable bonds is 9. The van der Waals surface area contributed by atoms with Crippen molar-refractivity contribution < 1.29 is 14.3 Å². The van der Waals surface area contributed by atoms with Gasteiger partial charge in [0.2, 0.25) is 5.91 Å². The lowest BCUT2D eigenvalue weighted by molar-refractivity contribution is -0.117. The van der Waals surface area contributed by atoms with Crippen molar-refractivity contribution in [3.05, 3.63) is 18.2 Å². The van der Waals surface area contributed by atoms with Crippen LogP contribution in [0.15, 0.2) is 18.2 Å². The number of carbonyl (C=O) groups is 1. The van der Waals surface area contributed by atoms with E-state index in [0.717, 1.165) is 12.8 Å². The Kier molecular flexibility index (Phi) is 7.61. The van der Waals surface area contributed by atoms with Crippen LogP contribution in [-0.4, -0.2) is 26.2 Å². The Hall–Kier alpha value is -1.75. The van der Waals surface area contributed by atoms with Crippen LogP contribution in [0.1, 0.15) is 33.1 Å². The zero-order chi connectivity index (χ0) is 15.7. The van der Waals surface area contributed by atoms with Gasteiger partial charge in [-0.05, 0) is 37.0 Å². The molecule has 5 nitrogen and oxygen atoms in total. The molecule has 3 N–H and O–H groups in total. The van der Waals surface area contributed by atoms with Crippen molar-refractivity contribution in [2.45, 2.75) is 33.1 Å². The molecule has 0 unspecified atom stereocenters. The molecule has 1 aromatic rings. The Morgan fingerprint density at radius 1 is 1.33 bits per heavy atom. The summed E-state index contributed by atoms with van der Waals surface area (Å²) in [6.07, 6.45) is 2.49. The van der Waals surface area contributed by atoms with Crippen LogP contribution in [0.3, 0.4) is 0 Å². The summed E-state index contributed by atoms with van der Waals surface area (Å²) in [5.41, 5.74) is 6.87. The second-order valence-corrected chi connectivity index (χ2v) is 5.41. The molecule has 0 fully saturated rings. The van der Waals surface area contributed by atoms with Crippen molar-refractivity contribution in [3.63, 3.8) is 0 Å². The Morgan fingerprint density at radius 2 is 2.10 bits per heavy atom. The van der Waals surface area contributed by atoms with E-state index in [1.54, 1.807) is 25.3 Å². The van der Waals surface area contributed by atoms with Gasteiger partial charge in [-0.25, -0.2) is 0 Å². The van der Waals surface area contributed by atoms with Gasteiger partial charge in [-0.3, -0.25) is 4.79 Å². The highest BCUT2D eigenvalue weighted by Crippen LogP contribution is 2.26. The zero-order valence-electron chi connectivity index (χ0n) is 13.1. The summed E-state index contributed by atoms with van der Waals surface area (Å²) in [7, 11) is 1.55. The first-order chi connectivity index (χ1) is 10.0. The highest BCUT2D eigenvalue weighted by Gasteiger charge is 2.08. The number of methoxy groups -OCH3 is 1. The quantitative estimate of drug-likeness (QED) is 0.542. The second-order valence-electron chi connectivity index (χ2n) is 5.41. The van der Waals surface area contributed by atoms with Crippen molar-refractivity contribution in [1.29, 1.82) is 0 Å². The zero-order valence-corrected chi connectivity index (χ0v) is 13.1. The number of hydrogen-bond acceptors (Lipinski definition) is 4. The molecule has 1 rings (SSSR count). The van der Waals surface area contributed by atoms with Crippen LogP contribution in [0.4, 0.5) is 11.4 Å². The van der Waals surface area contributed by atoms with Crippen molar-refractivity contribution >= 4 is 17.3 Å². The molecule has 1 aromatic carbocycles. The minimum Gasteiger partial charge on any atom is -0.495 e. The van der Waals surface area contributed by atoms with Gasteiger partial charge in [0.05, 0.1) is 25.8 Å². The molecule has 0 aliphatic rings. The summed E-state index contributed by atoms with van der Waals surface area (Å²) in [6.45, 7) is 5.50. The maximum Gasteiger partial charge on any atom is 0.226 e. The summed E-state index contributed by atoms with van der Waals surface area (Å²) >= 11 is 0. The molecule has 118 valence electrons. The van der Waals surface area contributed by atoms with E-state index in [-0.39, 0.29) is 5.91 Å². The first-order valence-corrected chi connectivity index (χ1v) is 7.34. The number of nitrogen functional groups attached to an aromatic ring is 1. The van der Waals surface area contributed by atoms with Crippen LogP contribution in [0, 0.1) is 5.92 Å². The summed E-state index contributed by atoms with van der Waals surface area (Å²) < 4.78 is 10.6. The first-order valence-electron chi connectivity index (χ1n) is 7.34. The fourth-order valence-electron chi connectivity index (χ4n) is 1.90. The minimum absolute atomic E-state index is 0.109. The van der Waals surface area contributed by atoms with Gasteiger partial charge in [-0.2, -0.15) is 0 Å². The average Bonchev–Trinajstić information content (AvgIpc) is 2.42. The number of nitrogens with one attached hydrogen (secondary N) is 1. The van der Waals surface area contributed by atoms with E-state index in [1.165, 1.54) is 0 Å². The van der Waals surface area contributed by atoms with Gasteiger partial charge in [-0.15, -0.1) is 0 Å². The van der Waals surface area contributed by atoms with Gasteiger partial charge in [0.15, 0.2) is 0 Å². The molecule has 0 aromatic heterocycles. The summed E-state index contributed by atoms with van der Waals surface area (Å²) in [4.78, 5) is 11.8. The van der Waals surface area contributed by atoms with E-state index < -0.39 is 0 Å². The molecule has 0 saturated carbocycles. The lowest BCUT2D eigenvalue weighted by Crippen LogP contribution is -2.15. The molecule has 0 aliphatic heterocycles. The third-order valence-corrected chi connectivity index (χ3v) is 3.04. The minimum atomic E-state index is -0.109. The van der Waals surface area contributed by atoms with Gasteiger partial charge >= 0.3 is 0 Å². The highest BCUT2D eigenvalue weighted by molar-refractivity contribution is 5.92.